The lowest BCUT2D eigenvalue weighted by molar-refractivity contribution is -0.137. The molecule has 1 aromatic rings. The van der Waals surface area contributed by atoms with Crippen molar-refractivity contribution in [3.8, 4) is 0 Å². The van der Waals surface area contributed by atoms with E-state index in [-0.39, 0.29) is 5.82 Å². The summed E-state index contributed by atoms with van der Waals surface area (Å²) in [6.45, 7) is 3.34. The van der Waals surface area contributed by atoms with Crippen LogP contribution in [-0.2, 0) is 6.18 Å². The fraction of sp³-hybridized carbons (Fsp3) is 0.545. The standard InChI is InChI=1S/C11H13F3N2/c1-8-4-6-16(7-8)10-9(11(12,13)14)3-2-5-15-10/h2-3,5,8H,4,6-7H2,1H3/t8-/m0/s1. The summed E-state index contributed by atoms with van der Waals surface area (Å²) in [5.41, 5.74) is -0.635. The first-order valence-electron chi connectivity index (χ1n) is 5.25. The van der Waals surface area contributed by atoms with Crippen LogP contribution in [0.2, 0.25) is 0 Å². The van der Waals surface area contributed by atoms with Crippen LogP contribution in [0.1, 0.15) is 18.9 Å². The van der Waals surface area contributed by atoms with Crippen molar-refractivity contribution in [2.24, 2.45) is 5.92 Å². The molecule has 0 spiro atoms. The largest absolute Gasteiger partial charge is 0.419 e. The number of hydrogen-bond donors (Lipinski definition) is 0. The molecule has 1 atom stereocenters. The summed E-state index contributed by atoms with van der Waals surface area (Å²) in [4.78, 5) is 5.58. The molecule has 1 saturated heterocycles. The van der Waals surface area contributed by atoms with Crippen LogP contribution in [0.3, 0.4) is 0 Å². The van der Waals surface area contributed by atoms with Gasteiger partial charge in [0.25, 0.3) is 0 Å². The van der Waals surface area contributed by atoms with Gasteiger partial charge in [-0.3, -0.25) is 0 Å². The van der Waals surface area contributed by atoms with E-state index in [1.807, 2.05) is 6.92 Å². The minimum atomic E-state index is -4.32. The van der Waals surface area contributed by atoms with Gasteiger partial charge in [-0.25, -0.2) is 4.98 Å². The van der Waals surface area contributed by atoms with Crippen molar-refractivity contribution in [3.63, 3.8) is 0 Å². The smallest absolute Gasteiger partial charge is 0.356 e. The van der Waals surface area contributed by atoms with Gasteiger partial charge in [0.2, 0.25) is 0 Å². The molecule has 88 valence electrons. The topological polar surface area (TPSA) is 16.1 Å². The van der Waals surface area contributed by atoms with E-state index < -0.39 is 11.7 Å². The van der Waals surface area contributed by atoms with Crippen molar-refractivity contribution in [1.82, 2.24) is 4.98 Å². The zero-order valence-electron chi connectivity index (χ0n) is 8.96. The Kier molecular flexibility index (Phi) is 2.78. The molecular weight excluding hydrogens is 217 g/mol. The molecule has 0 aromatic carbocycles. The van der Waals surface area contributed by atoms with Crippen LogP contribution in [0.25, 0.3) is 0 Å². The SMILES string of the molecule is C[C@H]1CCN(c2ncccc2C(F)(F)F)C1. The van der Waals surface area contributed by atoms with E-state index >= 15 is 0 Å². The van der Waals surface area contributed by atoms with Gasteiger partial charge in [0.15, 0.2) is 0 Å². The third-order valence-corrected chi connectivity index (χ3v) is 2.82. The third kappa shape index (κ3) is 2.13. The van der Waals surface area contributed by atoms with E-state index in [0.717, 1.165) is 12.5 Å². The van der Waals surface area contributed by atoms with Gasteiger partial charge in [-0.1, -0.05) is 6.92 Å². The fourth-order valence-corrected chi connectivity index (χ4v) is 2.00. The predicted octanol–water partition coefficient (Wildman–Crippen LogP) is 2.95. The Balaban J connectivity index is 2.34. The van der Waals surface area contributed by atoms with Crippen molar-refractivity contribution in [1.29, 1.82) is 0 Å². The monoisotopic (exact) mass is 230 g/mol. The van der Waals surface area contributed by atoms with Crippen molar-refractivity contribution in [2.45, 2.75) is 19.5 Å². The second-order valence-corrected chi connectivity index (χ2v) is 4.21. The zero-order valence-corrected chi connectivity index (χ0v) is 8.96. The van der Waals surface area contributed by atoms with Crippen molar-refractivity contribution < 1.29 is 13.2 Å². The van der Waals surface area contributed by atoms with Gasteiger partial charge in [0, 0.05) is 19.3 Å². The maximum atomic E-state index is 12.7. The highest BCUT2D eigenvalue weighted by atomic mass is 19.4. The average molecular weight is 230 g/mol. The lowest BCUT2D eigenvalue weighted by Crippen LogP contribution is -2.24. The van der Waals surface area contributed by atoms with Crippen LogP contribution < -0.4 is 4.90 Å². The average Bonchev–Trinajstić information content (AvgIpc) is 2.64. The maximum Gasteiger partial charge on any atom is 0.419 e. The number of alkyl halides is 3. The molecule has 1 aliphatic heterocycles. The number of rotatable bonds is 1. The molecule has 1 aromatic heterocycles. The van der Waals surface area contributed by atoms with Gasteiger partial charge in [-0.2, -0.15) is 13.2 Å². The summed E-state index contributed by atoms with van der Waals surface area (Å²) < 4.78 is 38.2. The summed E-state index contributed by atoms with van der Waals surface area (Å²) in [6.07, 6.45) is -1.99. The lowest BCUT2D eigenvalue weighted by atomic mass is 10.2. The molecule has 2 rings (SSSR count). The maximum absolute atomic E-state index is 12.7. The quantitative estimate of drug-likeness (QED) is 0.737. The zero-order chi connectivity index (χ0) is 11.8. The Hall–Kier alpha value is -1.26. The summed E-state index contributed by atoms with van der Waals surface area (Å²) in [7, 11) is 0. The molecule has 0 N–H and O–H groups in total. The molecule has 16 heavy (non-hydrogen) atoms. The molecule has 2 heterocycles. The van der Waals surface area contributed by atoms with Crippen LogP contribution >= 0.6 is 0 Å². The molecule has 5 heteroatoms. The molecule has 1 aliphatic rings. The molecular formula is C11H13F3N2. The Bertz CT molecular complexity index is 376. The van der Waals surface area contributed by atoms with Crippen LogP contribution in [0, 0.1) is 5.92 Å². The summed E-state index contributed by atoms with van der Waals surface area (Å²) >= 11 is 0. The number of halogens is 3. The molecule has 0 amide bonds. The van der Waals surface area contributed by atoms with Gasteiger partial charge in [-0.05, 0) is 24.5 Å². The molecule has 1 fully saturated rings. The first-order valence-corrected chi connectivity index (χ1v) is 5.25. The van der Waals surface area contributed by atoms with Crippen LogP contribution in [0.5, 0.6) is 0 Å². The van der Waals surface area contributed by atoms with Gasteiger partial charge in [0.1, 0.15) is 5.82 Å². The van der Waals surface area contributed by atoms with Crippen LogP contribution in [0.4, 0.5) is 19.0 Å². The van der Waals surface area contributed by atoms with E-state index in [1.54, 1.807) is 4.90 Å². The van der Waals surface area contributed by atoms with E-state index in [1.165, 1.54) is 12.3 Å². The van der Waals surface area contributed by atoms with Gasteiger partial charge < -0.3 is 4.90 Å². The molecule has 0 bridgehead atoms. The Morgan fingerprint density at radius 1 is 1.44 bits per heavy atom. The minimum Gasteiger partial charge on any atom is -0.356 e. The second-order valence-electron chi connectivity index (χ2n) is 4.21. The summed E-state index contributed by atoms with van der Waals surface area (Å²) in [6, 6.07) is 2.41. The predicted molar refractivity (Wildman–Crippen MR) is 55.2 cm³/mol. The first kappa shape index (κ1) is 11.2. The summed E-state index contributed by atoms with van der Waals surface area (Å²) in [5.74, 6) is 0.502. The van der Waals surface area contributed by atoms with Gasteiger partial charge in [-0.15, -0.1) is 0 Å². The normalized spacial score (nSPS) is 21.5. The first-order chi connectivity index (χ1) is 7.48. The van der Waals surface area contributed by atoms with Crippen molar-refractivity contribution in [3.05, 3.63) is 23.9 Å². The summed E-state index contributed by atoms with van der Waals surface area (Å²) in [5, 5.41) is 0. The van der Waals surface area contributed by atoms with Crippen LogP contribution in [-0.4, -0.2) is 18.1 Å². The van der Waals surface area contributed by atoms with E-state index in [0.29, 0.717) is 19.0 Å². The van der Waals surface area contributed by atoms with Gasteiger partial charge in [0.05, 0.1) is 5.56 Å². The van der Waals surface area contributed by atoms with Crippen molar-refractivity contribution >= 4 is 5.82 Å². The molecule has 0 saturated carbocycles. The number of pyridine rings is 1. The molecule has 2 nitrogen and oxygen atoms in total. The Labute approximate surface area is 92.1 Å². The number of aromatic nitrogens is 1. The minimum absolute atomic E-state index is 0.0688. The van der Waals surface area contributed by atoms with Gasteiger partial charge >= 0.3 is 6.18 Å². The number of anilines is 1. The highest BCUT2D eigenvalue weighted by molar-refractivity contribution is 5.49. The lowest BCUT2D eigenvalue weighted by Gasteiger charge is -2.21. The second kappa shape index (κ2) is 3.96. The molecule has 0 radical (unpaired) electrons. The fourth-order valence-electron chi connectivity index (χ4n) is 2.00. The number of nitrogens with zero attached hydrogens (tertiary/aromatic N) is 2. The van der Waals surface area contributed by atoms with Crippen molar-refractivity contribution in [2.75, 3.05) is 18.0 Å². The highest BCUT2D eigenvalue weighted by Gasteiger charge is 2.36. The number of hydrogen-bond acceptors (Lipinski definition) is 2. The molecule has 0 aliphatic carbocycles. The van der Waals surface area contributed by atoms with E-state index in [2.05, 4.69) is 4.98 Å². The third-order valence-electron chi connectivity index (χ3n) is 2.82. The molecule has 0 unspecified atom stereocenters. The Morgan fingerprint density at radius 3 is 2.75 bits per heavy atom. The van der Waals surface area contributed by atoms with E-state index in [9.17, 15) is 13.2 Å². The van der Waals surface area contributed by atoms with E-state index in [4.69, 9.17) is 0 Å². The van der Waals surface area contributed by atoms with Crippen LogP contribution in [0.15, 0.2) is 18.3 Å². The highest BCUT2D eigenvalue weighted by Crippen LogP contribution is 2.36. The Morgan fingerprint density at radius 2 is 2.19 bits per heavy atom.